The van der Waals surface area contributed by atoms with Gasteiger partial charge in [-0.1, -0.05) is 45.0 Å². The number of amides is 2. The van der Waals surface area contributed by atoms with E-state index in [1.54, 1.807) is 19.3 Å². The van der Waals surface area contributed by atoms with Crippen LogP contribution in [0.15, 0.2) is 53.0 Å². The Morgan fingerprint density at radius 1 is 1.09 bits per heavy atom. The van der Waals surface area contributed by atoms with E-state index < -0.39 is 11.8 Å². The van der Waals surface area contributed by atoms with Crippen LogP contribution in [-0.2, 0) is 15.0 Å². The molecular weight excluding hydrogens is 494 g/mol. The summed E-state index contributed by atoms with van der Waals surface area (Å²) >= 11 is 8.48. The van der Waals surface area contributed by atoms with Crippen molar-refractivity contribution in [3.8, 4) is 11.5 Å². The summed E-state index contributed by atoms with van der Waals surface area (Å²) in [4.78, 5) is 24.0. The molecule has 0 aliphatic carbocycles. The first kappa shape index (κ1) is 25.4. The number of carbonyl (C=O) groups excluding carboxylic acids is 2. The molecule has 0 aliphatic heterocycles. The van der Waals surface area contributed by atoms with Crippen molar-refractivity contribution >= 4 is 51.2 Å². The van der Waals surface area contributed by atoms with Crippen LogP contribution in [0.25, 0.3) is 6.08 Å². The molecule has 3 N–H and O–H groups in total. The number of para-hydroxylation sites is 1. The van der Waals surface area contributed by atoms with E-state index in [9.17, 15) is 9.59 Å². The van der Waals surface area contributed by atoms with Crippen LogP contribution in [0.1, 0.15) is 31.9 Å². The molecule has 170 valence electrons. The lowest BCUT2D eigenvalue weighted by molar-refractivity contribution is -0.123. The van der Waals surface area contributed by atoms with Crippen molar-refractivity contribution < 1.29 is 19.1 Å². The molecule has 0 saturated carbocycles. The molecule has 0 unspecified atom stereocenters. The van der Waals surface area contributed by atoms with Gasteiger partial charge in [0.15, 0.2) is 11.7 Å². The first-order valence-electron chi connectivity index (χ1n) is 9.74. The van der Waals surface area contributed by atoms with Crippen molar-refractivity contribution in [1.82, 2.24) is 16.2 Å². The number of carbonyl (C=O) groups is 2. The molecule has 0 radical (unpaired) electrons. The number of halogens is 1. The Kier molecular flexibility index (Phi) is 9.22. The summed E-state index contributed by atoms with van der Waals surface area (Å²) in [6.07, 6.45) is 2.92. The maximum atomic E-state index is 12.0. The highest BCUT2D eigenvalue weighted by atomic mass is 79.9. The topological polar surface area (TPSA) is 88.7 Å². The van der Waals surface area contributed by atoms with Crippen LogP contribution < -0.4 is 25.6 Å². The van der Waals surface area contributed by atoms with Crippen molar-refractivity contribution in [3.05, 3.63) is 64.1 Å². The van der Waals surface area contributed by atoms with Gasteiger partial charge in [-0.25, -0.2) is 0 Å². The molecule has 0 saturated heterocycles. The lowest BCUT2D eigenvalue weighted by atomic mass is 9.87. The van der Waals surface area contributed by atoms with E-state index in [1.807, 2.05) is 36.4 Å². The Balaban J connectivity index is 1.77. The van der Waals surface area contributed by atoms with E-state index in [2.05, 4.69) is 52.9 Å². The van der Waals surface area contributed by atoms with Gasteiger partial charge in [-0.05, 0) is 63.4 Å². The standard InChI is InChI=1S/C23H26BrN3O4S/c1-23(2,3)16-10-11-19(17(24)13-16)31-14-21(29)26-27-22(32)25-20(28)12-9-15-7-5-6-8-18(15)30-4/h5-13H,14H2,1-4H3,(H,26,29)(H2,25,27,28,32)/b12-9-. The van der Waals surface area contributed by atoms with Gasteiger partial charge in [0.2, 0.25) is 5.91 Å². The van der Waals surface area contributed by atoms with Crippen molar-refractivity contribution in [3.63, 3.8) is 0 Å². The summed E-state index contributed by atoms with van der Waals surface area (Å²) in [6, 6.07) is 13.0. The zero-order valence-corrected chi connectivity index (χ0v) is 20.7. The number of ether oxygens (including phenoxy) is 2. The molecule has 2 aromatic rings. The zero-order chi connectivity index (χ0) is 23.7. The van der Waals surface area contributed by atoms with Crippen molar-refractivity contribution in [2.45, 2.75) is 26.2 Å². The fraction of sp³-hybridized carbons (Fsp3) is 0.261. The first-order valence-corrected chi connectivity index (χ1v) is 10.9. The average molecular weight is 520 g/mol. The van der Waals surface area contributed by atoms with Gasteiger partial charge < -0.3 is 9.47 Å². The van der Waals surface area contributed by atoms with Crippen molar-refractivity contribution in [1.29, 1.82) is 0 Å². The van der Waals surface area contributed by atoms with Gasteiger partial charge in [0.05, 0.1) is 11.6 Å². The second-order valence-corrected chi connectivity index (χ2v) is 9.01. The van der Waals surface area contributed by atoms with Crippen LogP contribution in [0.4, 0.5) is 0 Å². The van der Waals surface area contributed by atoms with Gasteiger partial charge in [-0.3, -0.25) is 25.8 Å². The number of nitrogens with one attached hydrogen (secondary N) is 3. The highest BCUT2D eigenvalue weighted by Gasteiger charge is 2.15. The number of hydrazine groups is 1. The highest BCUT2D eigenvalue weighted by molar-refractivity contribution is 9.10. The van der Waals surface area contributed by atoms with Crippen LogP contribution in [0, 0.1) is 0 Å². The van der Waals surface area contributed by atoms with Crippen LogP contribution in [0.5, 0.6) is 11.5 Å². The summed E-state index contributed by atoms with van der Waals surface area (Å²) in [5.41, 5.74) is 6.73. The minimum Gasteiger partial charge on any atom is -0.496 e. The molecule has 2 rings (SSSR count). The Bertz CT molecular complexity index is 1020. The summed E-state index contributed by atoms with van der Waals surface area (Å²) < 4.78 is 11.5. The zero-order valence-electron chi connectivity index (χ0n) is 18.3. The van der Waals surface area contributed by atoms with E-state index in [4.69, 9.17) is 21.7 Å². The Morgan fingerprint density at radius 3 is 2.47 bits per heavy atom. The lowest BCUT2D eigenvalue weighted by Crippen LogP contribution is -2.49. The van der Waals surface area contributed by atoms with Crippen LogP contribution in [-0.4, -0.2) is 30.6 Å². The largest absolute Gasteiger partial charge is 0.496 e. The first-order chi connectivity index (χ1) is 15.1. The summed E-state index contributed by atoms with van der Waals surface area (Å²) in [5.74, 6) is 0.273. The van der Waals surface area contributed by atoms with E-state index in [0.29, 0.717) is 11.5 Å². The Labute approximate surface area is 201 Å². The molecule has 0 aliphatic rings. The van der Waals surface area contributed by atoms with E-state index in [0.717, 1.165) is 15.6 Å². The number of benzene rings is 2. The van der Waals surface area contributed by atoms with Gasteiger partial charge in [0, 0.05) is 11.6 Å². The molecule has 2 aromatic carbocycles. The van der Waals surface area contributed by atoms with Gasteiger partial charge in [0.1, 0.15) is 11.5 Å². The molecule has 0 heterocycles. The Morgan fingerprint density at radius 2 is 1.81 bits per heavy atom. The normalized spacial score (nSPS) is 11.0. The SMILES string of the molecule is COc1ccccc1/C=C\C(=O)NC(=S)NNC(=O)COc1ccc(C(C)(C)C)cc1Br. The molecule has 32 heavy (non-hydrogen) atoms. The number of hydrogen-bond acceptors (Lipinski definition) is 5. The summed E-state index contributed by atoms with van der Waals surface area (Å²) in [7, 11) is 1.55. The predicted molar refractivity (Wildman–Crippen MR) is 132 cm³/mol. The maximum Gasteiger partial charge on any atom is 0.276 e. The molecule has 0 fully saturated rings. The third-order valence-corrected chi connectivity index (χ3v) is 5.09. The molecular formula is C23H26BrN3O4S. The molecule has 0 bridgehead atoms. The third-order valence-electron chi connectivity index (χ3n) is 4.26. The van der Waals surface area contributed by atoms with Crippen LogP contribution in [0.2, 0.25) is 0 Å². The summed E-state index contributed by atoms with van der Waals surface area (Å²) in [6.45, 7) is 6.12. The molecule has 7 nitrogen and oxygen atoms in total. The van der Waals surface area contributed by atoms with Crippen LogP contribution >= 0.6 is 28.1 Å². The molecule has 0 atom stereocenters. The number of methoxy groups -OCH3 is 1. The quantitative estimate of drug-likeness (QED) is 0.305. The van der Waals surface area contributed by atoms with Crippen molar-refractivity contribution in [2.75, 3.05) is 13.7 Å². The minimum atomic E-state index is -0.460. The van der Waals surface area contributed by atoms with Crippen molar-refractivity contribution in [2.24, 2.45) is 0 Å². The molecule has 9 heteroatoms. The molecule has 2 amide bonds. The lowest BCUT2D eigenvalue weighted by Gasteiger charge is -2.20. The Hall–Kier alpha value is -2.91. The number of hydrogen-bond donors (Lipinski definition) is 3. The van der Waals surface area contributed by atoms with E-state index in [1.165, 1.54) is 6.08 Å². The monoisotopic (exact) mass is 519 g/mol. The average Bonchev–Trinajstić information content (AvgIpc) is 2.74. The fourth-order valence-electron chi connectivity index (χ4n) is 2.54. The fourth-order valence-corrected chi connectivity index (χ4v) is 3.19. The second-order valence-electron chi connectivity index (χ2n) is 7.75. The van der Waals surface area contributed by atoms with E-state index >= 15 is 0 Å². The third kappa shape index (κ3) is 7.97. The number of rotatable bonds is 6. The van der Waals surface area contributed by atoms with Crippen LogP contribution in [0.3, 0.4) is 0 Å². The van der Waals surface area contributed by atoms with Gasteiger partial charge >= 0.3 is 0 Å². The smallest absolute Gasteiger partial charge is 0.276 e. The molecule has 0 aromatic heterocycles. The van der Waals surface area contributed by atoms with Gasteiger partial charge in [-0.15, -0.1) is 0 Å². The maximum absolute atomic E-state index is 12.0. The number of thiocarbonyl (C=S) groups is 1. The van der Waals surface area contributed by atoms with Gasteiger partial charge in [0.25, 0.3) is 5.91 Å². The molecule has 0 spiro atoms. The summed E-state index contributed by atoms with van der Waals surface area (Å²) in [5, 5.41) is 2.38. The predicted octanol–water partition coefficient (Wildman–Crippen LogP) is 3.87. The second kappa shape index (κ2) is 11.6. The minimum absolute atomic E-state index is 0.00479. The van der Waals surface area contributed by atoms with E-state index in [-0.39, 0.29) is 17.1 Å². The highest BCUT2D eigenvalue weighted by Crippen LogP contribution is 2.31. The van der Waals surface area contributed by atoms with Gasteiger partial charge in [-0.2, -0.15) is 0 Å².